The molecule has 0 saturated heterocycles. The van der Waals surface area contributed by atoms with Gasteiger partial charge in [-0.1, -0.05) is 0 Å². The molecule has 0 aliphatic heterocycles. The number of nitrogens with two attached hydrogens (primary N) is 2. The number of hydrogen-bond acceptors (Lipinski definition) is 9. The van der Waals surface area contributed by atoms with Crippen LogP contribution in [0.15, 0.2) is 0 Å². The van der Waals surface area contributed by atoms with E-state index in [1.54, 1.807) is 0 Å². The van der Waals surface area contributed by atoms with Crippen LogP contribution in [0.25, 0.3) is 0 Å². The highest BCUT2D eigenvalue weighted by Crippen LogP contribution is 2.58. The van der Waals surface area contributed by atoms with Crippen molar-refractivity contribution in [1.29, 1.82) is 5.41 Å². The minimum absolute atomic E-state index is 0.206. The highest BCUT2D eigenvalue weighted by atomic mass is 31.3. The monoisotopic (exact) mass is 383 g/mol. The van der Waals surface area contributed by atoms with Crippen LogP contribution in [-0.4, -0.2) is 66.7 Å². The maximum Gasteiger partial charge on any atom is 0.481 e. The third-order valence-electron chi connectivity index (χ3n) is 1.78. The molecule has 0 fully saturated rings. The average Bonchev–Trinajstić information content (AvgIpc) is 2.30. The van der Waals surface area contributed by atoms with Crippen molar-refractivity contribution in [2.75, 3.05) is 0 Å². The van der Waals surface area contributed by atoms with Gasteiger partial charge < -0.3 is 46.3 Å². The van der Waals surface area contributed by atoms with Crippen LogP contribution >= 0.6 is 15.6 Å². The van der Waals surface area contributed by atoms with Crippen LogP contribution in [0.2, 0.25) is 0 Å². The predicted octanol–water partition coefficient (Wildman–Crippen LogP) is -3.28. The smallest absolute Gasteiger partial charge is 0.391 e. The Morgan fingerprint density at radius 2 is 1.52 bits per heavy atom. The molecule has 14 nitrogen and oxygen atoms in total. The Morgan fingerprint density at radius 3 is 1.78 bits per heavy atom. The van der Waals surface area contributed by atoms with Crippen molar-refractivity contribution < 1.29 is 52.8 Å². The Labute approximate surface area is 130 Å². The van der Waals surface area contributed by atoms with E-state index in [1.807, 2.05) is 0 Å². The molecule has 0 aromatic carbocycles. The summed E-state index contributed by atoms with van der Waals surface area (Å²) < 4.78 is 28.8. The molecule has 0 aromatic heterocycles. The van der Waals surface area contributed by atoms with Crippen molar-refractivity contribution >= 4 is 27.9 Å². The van der Waals surface area contributed by atoms with Crippen LogP contribution in [0.3, 0.4) is 0 Å². The molecular formula is C7H19N3O11P2. The molecule has 5 atom stereocenters. The minimum Gasteiger partial charge on any atom is -0.391 e. The molecule has 0 spiro atoms. The van der Waals surface area contributed by atoms with Crippen LogP contribution in [0.4, 0.5) is 0 Å². The first-order valence-corrected chi connectivity index (χ1v) is 8.52. The first-order valence-electron chi connectivity index (χ1n) is 5.50. The summed E-state index contributed by atoms with van der Waals surface area (Å²) in [4.78, 5) is 36.1. The molecule has 0 radical (unpaired) electrons. The van der Waals surface area contributed by atoms with Gasteiger partial charge in [-0.25, -0.2) is 9.13 Å². The zero-order chi connectivity index (χ0) is 19.0. The number of phosphoric acid groups is 2. The molecule has 138 valence electrons. The number of rotatable bonds is 8. The molecule has 1 unspecified atom stereocenters. The molecular weight excluding hydrogens is 364 g/mol. The van der Waals surface area contributed by atoms with Crippen LogP contribution in [0.1, 0.15) is 6.92 Å². The Balaban J connectivity index is 0. The van der Waals surface area contributed by atoms with Gasteiger partial charge in [0.25, 0.3) is 0 Å². The first-order chi connectivity index (χ1) is 10.1. The largest absolute Gasteiger partial charge is 0.481 e. The predicted molar refractivity (Wildman–Crippen MR) is 73.7 cm³/mol. The van der Waals surface area contributed by atoms with Crippen molar-refractivity contribution in [3.8, 4) is 0 Å². The van der Waals surface area contributed by atoms with Gasteiger partial charge in [0.05, 0.1) is 6.10 Å². The van der Waals surface area contributed by atoms with Crippen LogP contribution in [0, 0.1) is 5.41 Å². The van der Waals surface area contributed by atoms with Crippen LogP contribution in [0.5, 0.6) is 0 Å². The number of nitrogens with one attached hydrogen (secondary N) is 1. The summed E-state index contributed by atoms with van der Waals surface area (Å²) in [5.41, 5.74) is 8.94. The van der Waals surface area contributed by atoms with Crippen LogP contribution in [-0.2, 0) is 22.8 Å². The summed E-state index contributed by atoms with van der Waals surface area (Å²) in [6, 6.07) is 0. The molecule has 0 rings (SSSR count). The normalized spacial score (nSPS) is 19.3. The highest BCUT2D eigenvalue weighted by molar-refractivity contribution is 7.60. The van der Waals surface area contributed by atoms with Gasteiger partial charge in [0, 0.05) is 0 Å². The second kappa shape index (κ2) is 10.1. The standard InChI is InChI=1S/C6H14O11P2.CH5N3/c1-3(8)5(9)6(10)4(2-7)16-19(14,15)17-18(11,12)13;2-1(3)4/h2-6,8-10H,1H3,(H,14,15)(H2,11,12,13);(H5,2,3,4)/t3-,4+,5+,6-;/m0./s1. The van der Waals surface area contributed by atoms with Gasteiger partial charge in [-0.3, -0.25) is 9.93 Å². The first kappa shape index (κ1) is 24.3. The lowest BCUT2D eigenvalue weighted by Gasteiger charge is -2.25. The molecule has 0 aliphatic carbocycles. The third kappa shape index (κ3) is 13.2. The van der Waals surface area contributed by atoms with Gasteiger partial charge in [0.1, 0.15) is 12.2 Å². The molecule has 0 saturated carbocycles. The van der Waals surface area contributed by atoms with E-state index in [1.165, 1.54) is 0 Å². The Bertz CT molecular complexity index is 476. The Kier molecular flexibility index (Phi) is 10.6. The van der Waals surface area contributed by atoms with Crippen molar-refractivity contribution in [3.63, 3.8) is 0 Å². The fourth-order valence-corrected chi connectivity index (χ4v) is 2.67. The van der Waals surface area contributed by atoms with E-state index in [0.717, 1.165) is 6.92 Å². The summed E-state index contributed by atoms with van der Waals surface area (Å²) in [6.07, 6.45) is -7.86. The van der Waals surface area contributed by atoms with E-state index >= 15 is 0 Å². The summed E-state index contributed by atoms with van der Waals surface area (Å²) in [6.45, 7) is 1.06. The maximum atomic E-state index is 11.1. The molecule has 0 aromatic rings. The number of carbonyl (C=O) groups excluding carboxylic acids is 1. The SMILES string of the molecule is C[C@H](O)[C@@H](O)[C@@H](O)[C@@H](C=O)OP(=O)(O)OP(=O)(O)O.N=C(N)N. The third-order valence-corrected chi connectivity index (χ3v) is 3.97. The number of hydrogen-bond donors (Lipinski definition) is 9. The topological polar surface area (TPSA) is 267 Å². The summed E-state index contributed by atoms with van der Waals surface area (Å²) in [7, 11) is -10.7. The average molecular weight is 383 g/mol. The number of aliphatic hydroxyl groups excluding tert-OH is 3. The van der Waals surface area contributed by atoms with Crippen LogP contribution < -0.4 is 11.5 Å². The molecule has 23 heavy (non-hydrogen) atoms. The number of guanidine groups is 1. The van der Waals surface area contributed by atoms with E-state index in [9.17, 15) is 24.1 Å². The van der Waals surface area contributed by atoms with Gasteiger partial charge in [0.15, 0.2) is 18.3 Å². The summed E-state index contributed by atoms with van der Waals surface area (Å²) in [5.74, 6) is -0.333. The van der Waals surface area contributed by atoms with E-state index in [2.05, 4.69) is 20.3 Å². The number of aldehydes is 1. The fraction of sp³-hybridized carbons (Fsp3) is 0.714. The maximum absolute atomic E-state index is 11.1. The molecule has 0 amide bonds. The lowest BCUT2D eigenvalue weighted by Crippen LogP contribution is -2.44. The second-order valence-corrected chi connectivity index (χ2v) is 6.71. The van der Waals surface area contributed by atoms with Gasteiger partial charge in [-0.15, -0.1) is 0 Å². The number of aliphatic hydroxyl groups is 3. The quantitative estimate of drug-likeness (QED) is 0.0862. The zero-order valence-electron chi connectivity index (χ0n) is 11.7. The van der Waals surface area contributed by atoms with E-state index in [0.29, 0.717) is 0 Å². The second-order valence-electron chi connectivity index (χ2n) is 3.92. The minimum atomic E-state index is -5.37. The van der Waals surface area contributed by atoms with E-state index in [-0.39, 0.29) is 12.2 Å². The van der Waals surface area contributed by atoms with E-state index in [4.69, 9.17) is 25.2 Å². The van der Waals surface area contributed by atoms with Crippen molar-refractivity contribution in [2.24, 2.45) is 11.5 Å². The lowest BCUT2D eigenvalue weighted by atomic mass is 10.1. The molecule has 16 heteroatoms. The van der Waals surface area contributed by atoms with Gasteiger partial charge >= 0.3 is 15.6 Å². The zero-order valence-corrected chi connectivity index (χ0v) is 13.4. The molecule has 0 heterocycles. The highest BCUT2D eigenvalue weighted by Gasteiger charge is 2.39. The number of phosphoric ester groups is 1. The fourth-order valence-electron chi connectivity index (χ4n) is 0.955. The van der Waals surface area contributed by atoms with Crippen molar-refractivity contribution in [3.05, 3.63) is 0 Å². The van der Waals surface area contributed by atoms with Gasteiger partial charge in [0.2, 0.25) is 0 Å². The summed E-state index contributed by atoms with van der Waals surface area (Å²) >= 11 is 0. The van der Waals surface area contributed by atoms with Gasteiger partial charge in [-0.2, -0.15) is 4.31 Å². The number of carbonyl (C=O) groups is 1. The Hall–Kier alpha value is -0.920. The van der Waals surface area contributed by atoms with E-state index < -0.39 is 40.1 Å². The molecule has 0 aliphatic rings. The van der Waals surface area contributed by atoms with Crippen molar-refractivity contribution in [2.45, 2.75) is 31.3 Å². The molecule has 0 bridgehead atoms. The Morgan fingerprint density at radius 1 is 1.13 bits per heavy atom. The van der Waals surface area contributed by atoms with Gasteiger partial charge in [-0.05, 0) is 6.92 Å². The summed E-state index contributed by atoms with van der Waals surface area (Å²) in [5, 5.41) is 33.6. The molecule has 11 N–H and O–H groups in total. The van der Waals surface area contributed by atoms with Crippen molar-refractivity contribution in [1.82, 2.24) is 0 Å². The lowest BCUT2D eigenvalue weighted by molar-refractivity contribution is -0.131.